The van der Waals surface area contributed by atoms with Crippen LogP contribution in [0.15, 0.2) is 0 Å². The van der Waals surface area contributed by atoms with Crippen molar-refractivity contribution in [2.24, 2.45) is 0 Å². The molecule has 0 fully saturated rings. The maximum absolute atomic E-state index is 10.2. The molecule has 0 bridgehead atoms. The molecule has 0 saturated heterocycles. The quantitative estimate of drug-likeness (QED) is 0.0259. The second kappa shape index (κ2) is 74.8. The normalized spacial score (nSPS) is 10.6. The Bertz CT molecular complexity index is 830. The number of carbonyl (C=O) groups is 3. The van der Waals surface area contributed by atoms with Crippen LogP contribution < -0.4 is 15.3 Å². The van der Waals surface area contributed by atoms with Crippen LogP contribution in [0.1, 0.15) is 343 Å². The summed E-state index contributed by atoms with van der Waals surface area (Å²) in [5, 5.41) is 30.7. The van der Waals surface area contributed by atoms with E-state index in [9.17, 15) is 29.7 Å². The van der Waals surface area contributed by atoms with Crippen LogP contribution in [0.25, 0.3) is 0 Å². The van der Waals surface area contributed by atoms with Gasteiger partial charge in [0, 0.05) is 17.9 Å². The Morgan fingerprint density at radius 1 is 0.290 bits per heavy atom. The molecule has 0 aliphatic heterocycles. The van der Waals surface area contributed by atoms with Crippen molar-refractivity contribution >= 4 is 64.3 Å². The number of aliphatic carboxylic acids is 3. The summed E-state index contributed by atoms with van der Waals surface area (Å²) in [6.45, 7) is 10.8. The van der Waals surface area contributed by atoms with E-state index >= 15 is 0 Å². The number of halogens is 4. The molecule has 412 valence electrons. The summed E-state index contributed by atoms with van der Waals surface area (Å²) in [7, 11) is 0. The van der Waals surface area contributed by atoms with E-state index in [-0.39, 0.29) is 41.0 Å². The number of carboxylic acids is 3. The molecule has 0 atom stereocenters. The summed E-state index contributed by atoms with van der Waals surface area (Å²) in [4.78, 5) is 30.7. The Morgan fingerprint density at radius 3 is 0.464 bits per heavy atom. The summed E-state index contributed by atoms with van der Waals surface area (Å²) in [6, 6.07) is 0. The van der Waals surface area contributed by atoms with Gasteiger partial charge in [-0.15, -0.1) is 0 Å². The van der Waals surface area contributed by atoms with Crippen molar-refractivity contribution < 1.29 is 51.4 Å². The Kier molecular flexibility index (Phi) is 87.5. The topological polar surface area (TPSA) is 120 Å². The number of hydrogen-bond donors (Lipinski definition) is 0. The second-order valence-electron chi connectivity index (χ2n) is 19.2. The molecule has 0 radical (unpaired) electrons. The maximum atomic E-state index is 10.2. The Hall–Kier alpha value is 0.284. The third-order valence-corrected chi connectivity index (χ3v) is 12.0. The van der Waals surface area contributed by atoms with Gasteiger partial charge in [0.05, 0.1) is 0 Å². The van der Waals surface area contributed by atoms with Gasteiger partial charge in [-0.2, -0.15) is 13.8 Å². The van der Waals surface area contributed by atoms with Gasteiger partial charge in [-0.1, -0.05) is 337 Å². The minimum Gasteiger partial charge on any atom is -0.550 e. The SMILES string of the molecule is CCCCCCCCCCCCCCCCCC(=O)[O-].CCCCCCCCCCCCCCCCCC(=O)[O-].CCCCCCCCCCCCCCCCCC(=O)[O-].C[CH-]C.ClC(Cl)(Cl)Cl.[Ti+4]. The van der Waals surface area contributed by atoms with Crippen LogP contribution in [0.5, 0.6) is 0 Å². The molecule has 11 heteroatoms. The largest absolute Gasteiger partial charge is 4.00 e. The standard InChI is InChI=1S/3C18H36O2.C3H7.CCl4.Ti/c3*1-2-3-4-5-6-7-8-9-10-11-12-13-14-15-16-17-18(19)20;1-3-2;2-1(3,4)5;/h3*2-17H2,1H3,(H,19,20);3H,1-2H3;;/q;;;-1;;+4/p-3. The van der Waals surface area contributed by atoms with Crippen LogP contribution in [0, 0.1) is 6.42 Å². The first-order valence-corrected chi connectivity index (χ1v) is 30.3. The van der Waals surface area contributed by atoms with Crippen molar-refractivity contribution in [3.05, 3.63) is 6.42 Å². The van der Waals surface area contributed by atoms with E-state index < -0.39 is 21.2 Å². The molecule has 0 saturated carbocycles. The van der Waals surface area contributed by atoms with E-state index in [0.717, 1.165) is 38.5 Å². The molecule has 0 aromatic carbocycles. The van der Waals surface area contributed by atoms with Crippen LogP contribution in [0.4, 0.5) is 0 Å². The molecular formula is C58H112Cl4O6Ti. The first-order valence-electron chi connectivity index (χ1n) is 28.8. The van der Waals surface area contributed by atoms with Crippen molar-refractivity contribution in [3.63, 3.8) is 0 Å². The predicted molar refractivity (Wildman–Crippen MR) is 295 cm³/mol. The molecule has 0 spiro atoms. The van der Waals surface area contributed by atoms with E-state index in [4.69, 9.17) is 46.4 Å². The third kappa shape index (κ3) is 114. The molecule has 0 unspecified atom stereocenters. The number of rotatable bonds is 48. The van der Waals surface area contributed by atoms with Crippen LogP contribution in [-0.2, 0) is 36.1 Å². The number of carboxylic acid groups (broad SMARTS) is 3. The Morgan fingerprint density at radius 2 is 0.377 bits per heavy atom. The molecule has 0 aromatic heterocycles. The fourth-order valence-electron chi connectivity index (χ4n) is 7.92. The fraction of sp³-hybridized carbons (Fsp3) is 0.931. The number of hydrogen-bond acceptors (Lipinski definition) is 6. The summed E-state index contributed by atoms with van der Waals surface area (Å²) in [6.07, 6.45) is 61.6. The van der Waals surface area contributed by atoms with Crippen LogP contribution in [-0.4, -0.2) is 21.2 Å². The average Bonchev–Trinajstić information content (AvgIpc) is 3.27. The minimum absolute atomic E-state index is 0. The van der Waals surface area contributed by atoms with E-state index in [1.807, 2.05) is 20.3 Å². The van der Waals surface area contributed by atoms with Gasteiger partial charge in [-0.3, -0.25) is 0 Å². The minimum atomic E-state index is -1.61. The van der Waals surface area contributed by atoms with Crippen molar-refractivity contribution in [2.45, 2.75) is 346 Å². The summed E-state index contributed by atoms with van der Waals surface area (Å²) in [5.74, 6) is -2.71. The van der Waals surface area contributed by atoms with E-state index in [1.165, 1.54) is 250 Å². The van der Waals surface area contributed by atoms with Crippen molar-refractivity contribution in [1.82, 2.24) is 0 Å². The monoisotopic (exact) mass is 1090 g/mol. The van der Waals surface area contributed by atoms with Gasteiger partial charge in [0.2, 0.25) is 0 Å². The number of carbonyl (C=O) groups excluding carboxylic acids is 3. The number of alkyl halides is 4. The van der Waals surface area contributed by atoms with Gasteiger partial charge in [0.25, 0.3) is 3.25 Å². The van der Waals surface area contributed by atoms with Gasteiger partial charge in [-0.05, 0) is 38.5 Å². The molecule has 0 aromatic rings. The molecule has 0 heterocycles. The molecule has 0 aliphatic carbocycles. The Labute approximate surface area is 465 Å². The fourth-order valence-corrected chi connectivity index (χ4v) is 7.92. The van der Waals surface area contributed by atoms with Gasteiger partial charge >= 0.3 is 21.7 Å². The second-order valence-corrected chi connectivity index (χ2v) is 22.6. The zero-order valence-electron chi connectivity index (χ0n) is 46.0. The molecule has 69 heavy (non-hydrogen) atoms. The Balaban J connectivity index is -0.000000198. The number of unbranched alkanes of at least 4 members (excludes halogenated alkanes) is 42. The van der Waals surface area contributed by atoms with Gasteiger partial charge < -0.3 is 36.1 Å². The maximum Gasteiger partial charge on any atom is 4.00 e. The smallest absolute Gasteiger partial charge is 0.550 e. The summed E-state index contributed by atoms with van der Waals surface area (Å²) in [5.41, 5.74) is 0. The van der Waals surface area contributed by atoms with Gasteiger partial charge in [-0.25, -0.2) is 0 Å². The summed E-state index contributed by atoms with van der Waals surface area (Å²) < 4.78 is -1.61. The average molecular weight is 1100 g/mol. The molecule has 6 nitrogen and oxygen atoms in total. The first-order chi connectivity index (χ1) is 32.7. The van der Waals surface area contributed by atoms with Gasteiger partial charge in [0.1, 0.15) is 0 Å². The molecular weight excluding hydrogens is 982 g/mol. The third-order valence-electron chi connectivity index (χ3n) is 12.0. The van der Waals surface area contributed by atoms with Crippen LogP contribution in [0.3, 0.4) is 0 Å². The summed E-state index contributed by atoms with van der Waals surface area (Å²) >= 11 is 19.3. The van der Waals surface area contributed by atoms with Crippen molar-refractivity contribution in [2.75, 3.05) is 0 Å². The van der Waals surface area contributed by atoms with Crippen molar-refractivity contribution in [3.8, 4) is 0 Å². The predicted octanol–water partition coefficient (Wildman–Crippen LogP) is 18.8. The van der Waals surface area contributed by atoms with Crippen LogP contribution in [0.2, 0.25) is 0 Å². The van der Waals surface area contributed by atoms with E-state index in [0.29, 0.717) is 0 Å². The zero-order chi connectivity index (χ0) is 51.9. The zero-order valence-corrected chi connectivity index (χ0v) is 50.6. The first kappa shape index (κ1) is 80.7. The van der Waals surface area contributed by atoms with E-state index in [1.54, 1.807) is 0 Å². The molecule has 0 rings (SSSR count). The van der Waals surface area contributed by atoms with E-state index in [2.05, 4.69) is 20.8 Å². The molecule has 0 aliphatic rings. The molecule has 0 N–H and O–H groups in total. The van der Waals surface area contributed by atoms with Crippen molar-refractivity contribution in [1.29, 1.82) is 0 Å². The molecule has 0 amide bonds. The van der Waals surface area contributed by atoms with Gasteiger partial charge in [0.15, 0.2) is 0 Å². The van der Waals surface area contributed by atoms with Crippen LogP contribution >= 0.6 is 46.4 Å².